The molecule has 0 aliphatic rings. The summed E-state index contributed by atoms with van der Waals surface area (Å²) in [5, 5.41) is 7.75. The second-order valence-corrected chi connectivity index (χ2v) is 4.37. The van der Waals surface area contributed by atoms with E-state index in [4.69, 9.17) is 9.90 Å². The second-order valence-electron chi connectivity index (χ2n) is 1.60. The number of hydrogen-bond acceptors (Lipinski definition) is 1. The minimum absolute atomic E-state index is 0.0353. The molecule has 0 spiro atoms. The van der Waals surface area contributed by atoms with Crippen LogP contribution in [0, 0.1) is 0 Å². The minimum atomic E-state index is -1.02. The summed E-state index contributed by atoms with van der Waals surface area (Å²) in [6, 6.07) is 0. The van der Waals surface area contributed by atoms with Crippen LogP contribution in [-0.2, 0) is 0 Å². The van der Waals surface area contributed by atoms with Crippen molar-refractivity contribution in [3.63, 3.8) is 0 Å². The fourth-order valence-corrected chi connectivity index (χ4v) is 1.37. The van der Waals surface area contributed by atoms with Gasteiger partial charge >= 0.3 is 4.88 Å². The van der Waals surface area contributed by atoms with Gasteiger partial charge in [0.25, 0.3) is 0 Å². The molecule has 0 aliphatic carbocycles. The Kier molecular flexibility index (Phi) is 11.7. The Balaban J connectivity index is 0. The molecular formula is C5H8Br3FO2. The molecule has 0 heterocycles. The maximum atomic E-state index is 12.2. The molecule has 68 valence electrons. The van der Waals surface area contributed by atoms with Crippen LogP contribution in [0.15, 0.2) is 0 Å². The lowest BCUT2D eigenvalue weighted by Crippen LogP contribution is -2.12. The smallest absolute Gasteiger partial charge is 0.372 e. The van der Waals surface area contributed by atoms with Crippen molar-refractivity contribution < 1.29 is 14.3 Å². The third-order valence-electron chi connectivity index (χ3n) is 0.646. The highest BCUT2D eigenvalue weighted by Gasteiger charge is 2.09. The zero-order valence-electron chi connectivity index (χ0n) is 5.73. The molecule has 11 heavy (non-hydrogen) atoms. The van der Waals surface area contributed by atoms with Crippen molar-refractivity contribution in [2.24, 2.45) is 0 Å². The first kappa shape index (κ1) is 14.4. The van der Waals surface area contributed by atoms with Crippen LogP contribution in [0.4, 0.5) is 9.18 Å². The van der Waals surface area contributed by atoms with E-state index >= 15 is 0 Å². The summed E-state index contributed by atoms with van der Waals surface area (Å²) in [6.45, 7) is 1.78. The number of carbonyl (C=O) groups is 1. The highest BCUT2D eigenvalue weighted by Crippen LogP contribution is 2.09. The highest BCUT2D eigenvalue weighted by molar-refractivity contribution is 9.18. The monoisotopic (exact) mass is 356 g/mol. The Bertz CT molecular complexity index is 106. The molecule has 2 nitrogen and oxygen atoms in total. The molecule has 0 saturated heterocycles. The van der Waals surface area contributed by atoms with Crippen LogP contribution in [-0.4, -0.2) is 26.3 Å². The van der Waals surface area contributed by atoms with Gasteiger partial charge in [0.2, 0.25) is 0 Å². The third kappa shape index (κ3) is 18.1. The molecule has 2 atom stereocenters. The number of halogens is 4. The van der Waals surface area contributed by atoms with Crippen molar-refractivity contribution in [1.29, 1.82) is 0 Å². The zero-order chi connectivity index (χ0) is 9.44. The first-order valence-electron chi connectivity index (χ1n) is 2.64. The van der Waals surface area contributed by atoms with E-state index in [-0.39, 0.29) is 4.83 Å². The summed E-state index contributed by atoms with van der Waals surface area (Å²) in [5.74, 6) is 0. The Morgan fingerprint density at radius 2 is 2.00 bits per heavy atom. The van der Waals surface area contributed by atoms with Crippen molar-refractivity contribution in [2.45, 2.75) is 17.9 Å². The van der Waals surface area contributed by atoms with Crippen molar-refractivity contribution in [2.75, 3.05) is 5.33 Å². The lowest BCUT2D eigenvalue weighted by Gasteiger charge is -2.03. The molecule has 0 aromatic rings. The van der Waals surface area contributed by atoms with Crippen LogP contribution < -0.4 is 0 Å². The van der Waals surface area contributed by atoms with E-state index in [1.54, 1.807) is 6.92 Å². The molecule has 0 bridgehead atoms. The van der Waals surface area contributed by atoms with Crippen LogP contribution in [0.1, 0.15) is 6.92 Å². The predicted molar refractivity (Wildman–Crippen MR) is 54.0 cm³/mol. The standard InChI is InChI=1S/C4H7Br2F.CHBrO2/c1-3(6)4(7)2-5;2-1(3)4/h3-4H,2H2,1H3;(H,3,4). The van der Waals surface area contributed by atoms with Crippen LogP contribution >= 0.6 is 47.8 Å². The van der Waals surface area contributed by atoms with Gasteiger partial charge in [-0.15, -0.1) is 0 Å². The van der Waals surface area contributed by atoms with Gasteiger partial charge in [0, 0.05) is 26.1 Å². The summed E-state index contributed by atoms with van der Waals surface area (Å²) in [6.07, 6.45) is -0.764. The molecule has 0 rings (SSSR count). The molecule has 0 amide bonds. The summed E-state index contributed by atoms with van der Waals surface area (Å²) >= 11 is 8.29. The lowest BCUT2D eigenvalue weighted by molar-refractivity contribution is 0.223. The van der Waals surface area contributed by atoms with Crippen LogP contribution in [0.5, 0.6) is 0 Å². The molecular weight excluding hydrogens is 351 g/mol. The van der Waals surface area contributed by atoms with Gasteiger partial charge < -0.3 is 5.11 Å². The summed E-state index contributed by atoms with van der Waals surface area (Å²) in [4.78, 5) is 7.86. The number of hydrogen-bond donors (Lipinski definition) is 1. The van der Waals surface area contributed by atoms with E-state index in [1.807, 2.05) is 0 Å². The van der Waals surface area contributed by atoms with E-state index in [1.165, 1.54) is 0 Å². The molecule has 0 radical (unpaired) electrons. The molecule has 6 heteroatoms. The van der Waals surface area contributed by atoms with E-state index in [9.17, 15) is 4.39 Å². The molecule has 2 unspecified atom stereocenters. The first-order valence-corrected chi connectivity index (χ1v) is 5.47. The normalized spacial score (nSPS) is 14.3. The predicted octanol–water partition coefficient (Wildman–Crippen LogP) is 3.56. The maximum absolute atomic E-state index is 12.2. The average Bonchev–Trinajstić information content (AvgIpc) is 1.85. The Hall–Kier alpha value is 0.840. The first-order chi connectivity index (χ1) is 4.91. The molecule has 0 fully saturated rings. The van der Waals surface area contributed by atoms with Gasteiger partial charge in [-0.1, -0.05) is 31.9 Å². The summed E-state index contributed by atoms with van der Waals surface area (Å²) in [5.41, 5.74) is 0. The number of rotatable bonds is 2. The fraction of sp³-hybridized carbons (Fsp3) is 0.800. The van der Waals surface area contributed by atoms with Gasteiger partial charge in [0.1, 0.15) is 6.17 Å². The van der Waals surface area contributed by atoms with Gasteiger partial charge in [0.15, 0.2) is 0 Å². The fourth-order valence-electron chi connectivity index (χ4n) is 0.123. The van der Waals surface area contributed by atoms with Gasteiger partial charge in [-0.3, -0.25) is 0 Å². The zero-order valence-corrected chi connectivity index (χ0v) is 10.5. The number of alkyl halides is 3. The van der Waals surface area contributed by atoms with Gasteiger partial charge in [-0.05, 0) is 6.92 Å². The van der Waals surface area contributed by atoms with Crippen LogP contribution in [0.25, 0.3) is 0 Å². The molecule has 0 aromatic carbocycles. The van der Waals surface area contributed by atoms with E-state index in [0.717, 1.165) is 0 Å². The van der Waals surface area contributed by atoms with Crippen molar-refractivity contribution in [1.82, 2.24) is 0 Å². The van der Waals surface area contributed by atoms with Crippen molar-refractivity contribution in [3.8, 4) is 0 Å². The van der Waals surface area contributed by atoms with Crippen molar-refractivity contribution >= 4 is 52.7 Å². The van der Waals surface area contributed by atoms with Gasteiger partial charge in [-0.2, -0.15) is 0 Å². The van der Waals surface area contributed by atoms with Crippen LogP contribution in [0.3, 0.4) is 0 Å². The second kappa shape index (κ2) is 8.93. The van der Waals surface area contributed by atoms with Crippen molar-refractivity contribution in [3.05, 3.63) is 0 Å². The lowest BCUT2D eigenvalue weighted by atomic mass is 10.3. The Labute approximate surface area is 89.9 Å². The Morgan fingerprint density at radius 1 is 1.73 bits per heavy atom. The summed E-state index contributed by atoms with van der Waals surface area (Å²) in [7, 11) is 0. The minimum Gasteiger partial charge on any atom is -0.473 e. The molecule has 1 N–H and O–H groups in total. The van der Waals surface area contributed by atoms with E-state index in [0.29, 0.717) is 5.33 Å². The largest absolute Gasteiger partial charge is 0.473 e. The van der Waals surface area contributed by atoms with Crippen LogP contribution in [0.2, 0.25) is 0 Å². The SMILES string of the molecule is CC(Br)C(F)CBr.O=C(O)Br. The molecule has 0 aromatic heterocycles. The summed E-state index contributed by atoms with van der Waals surface area (Å²) < 4.78 is 12.2. The molecule has 0 aliphatic heterocycles. The van der Waals surface area contributed by atoms with Gasteiger partial charge in [0.05, 0.1) is 0 Å². The molecule has 0 saturated carbocycles. The number of carboxylic acid groups (broad SMARTS) is 1. The quantitative estimate of drug-likeness (QED) is 0.605. The van der Waals surface area contributed by atoms with Gasteiger partial charge in [-0.25, -0.2) is 9.18 Å². The average molecular weight is 359 g/mol. The van der Waals surface area contributed by atoms with E-state index in [2.05, 4.69) is 47.8 Å². The van der Waals surface area contributed by atoms with E-state index < -0.39 is 11.1 Å². The maximum Gasteiger partial charge on any atom is 0.372 e. The Morgan fingerprint density at radius 3 is 2.00 bits per heavy atom. The third-order valence-corrected chi connectivity index (χ3v) is 1.84. The highest BCUT2D eigenvalue weighted by atomic mass is 79.9. The topological polar surface area (TPSA) is 37.3 Å².